The predicted molar refractivity (Wildman–Crippen MR) is 78.5 cm³/mol. The third kappa shape index (κ3) is 2.83. The van der Waals surface area contributed by atoms with Crippen molar-refractivity contribution in [1.82, 2.24) is 4.98 Å². The number of hydrogen-bond donors (Lipinski definition) is 0. The highest BCUT2D eigenvalue weighted by Crippen LogP contribution is 2.25. The molecule has 0 saturated carbocycles. The minimum absolute atomic E-state index is 0.0862. The molecule has 1 aromatic heterocycles. The van der Waals surface area contributed by atoms with Gasteiger partial charge in [-0.3, -0.25) is 9.29 Å². The molecular formula is C13H12BrFN2O2S. The number of aromatic nitrogens is 1. The van der Waals surface area contributed by atoms with Gasteiger partial charge < -0.3 is 0 Å². The fourth-order valence-corrected chi connectivity index (χ4v) is 3.50. The fraction of sp³-hybridized carbons (Fsp3) is 0.154. The molecule has 4 nitrogen and oxygen atoms in total. The fourth-order valence-electron chi connectivity index (χ4n) is 1.77. The van der Waals surface area contributed by atoms with Crippen LogP contribution in [0.25, 0.3) is 0 Å². The normalized spacial score (nSPS) is 11.3. The Labute approximate surface area is 125 Å². The zero-order valence-electron chi connectivity index (χ0n) is 10.6. The lowest BCUT2D eigenvalue weighted by Gasteiger charge is -2.22. The molecule has 20 heavy (non-hydrogen) atoms. The second-order valence-corrected chi connectivity index (χ2v) is 6.67. The van der Waals surface area contributed by atoms with Gasteiger partial charge in [0.2, 0.25) is 0 Å². The van der Waals surface area contributed by atoms with Crippen LogP contribution in [0.5, 0.6) is 0 Å². The number of rotatable bonds is 4. The van der Waals surface area contributed by atoms with Crippen LogP contribution in [0.15, 0.2) is 52.1 Å². The topological polar surface area (TPSA) is 50.3 Å². The molecule has 0 atom stereocenters. The molecule has 1 aromatic carbocycles. The van der Waals surface area contributed by atoms with E-state index < -0.39 is 15.8 Å². The van der Waals surface area contributed by atoms with Gasteiger partial charge in [-0.2, -0.15) is 0 Å². The quantitative estimate of drug-likeness (QED) is 0.843. The van der Waals surface area contributed by atoms with Crippen LogP contribution in [-0.2, 0) is 10.0 Å². The minimum atomic E-state index is -3.80. The molecule has 0 bridgehead atoms. The van der Waals surface area contributed by atoms with E-state index in [0.717, 1.165) is 6.07 Å². The van der Waals surface area contributed by atoms with Gasteiger partial charge in [-0.15, -0.1) is 0 Å². The molecule has 0 aliphatic carbocycles. The van der Waals surface area contributed by atoms with Crippen molar-refractivity contribution >= 4 is 31.6 Å². The SMILES string of the molecule is CCN(c1ccncc1)S(=O)(=O)c1ccc(Br)c(F)c1. The van der Waals surface area contributed by atoms with E-state index in [1.165, 1.54) is 28.8 Å². The number of nitrogens with zero attached hydrogens (tertiary/aromatic N) is 2. The molecule has 0 aliphatic heterocycles. The van der Waals surface area contributed by atoms with Gasteiger partial charge in [-0.1, -0.05) is 0 Å². The van der Waals surface area contributed by atoms with Crippen molar-refractivity contribution in [1.29, 1.82) is 0 Å². The van der Waals surface area contributed by atoms with Gasteiger partial charge in [0.05, 0.1) is 15.1 Å². The van der Waals surface area contributed by atoms with E-state index in [1.807, 2.05) is 0 Å². The van der Waals surface area contributed by atoms with Crippen molar-refractivity contribution in [3.8, 4) is 0 Å². The molecule has 0 amide bonds. The Morgan fingerprint density at radius 3 is 2.45 bits per heavy atom. The van der Waals surface area contributed by atoms with Crippen molar-refractivity contribution in [2.45, 2.75) is 11.8 Å². The van der Waals surface area contributed by atoms with E-state index in [9.17, 15) is 12.8 Å². The third-order valence-electron chi connectivity index (χ3n) is 2.72. The van der Waals surface area contributed by atoms with E-state index in [1.54, 1.807) is 19.1 Å². The highest BCUT2D eigenvalue weighted by molar-refractivity contribution is 9.10. The smallest absolute Gasteiger partial charge is 0.264 e. The molecule has 0 fully saturated rings. The Bertz CT molecular complexity index is 708. The first-order valence-electron chi connectivity index (χ1n) is 5.84. The third-order valence-corrected chi connectivity index (χ3v) is 5.26. The van der Waals surface area contributed by atoms with Crippen LogP contribution in [0.4, 0.5) is 10.1 Å². The maximum Gasteiger partial charge on any atom is 0.264 e. The van der Waals surface area contributed by atoms with E-state index >= 15 is 0 Å². The highest BCUT2D eigenvalue weighted by atomic mass is 79.9. The Kier molecular flexibility index (Phi) is 4.39. The number of benzene rings is 1. The van der Waals surface area contributed by atoms with E-state index in [2.05, 4.69) is 20.9 Å². The maximum atomic E-state index is 13.5. The highest BCUT2D eigenvalue weighted by Gasteiger charge is 2.24. The van der Waals surface area contributed by atoms with E-state index in [0.29, 0.717) is 5.69 Å². The van der Waals surface area contributed by atoms with Crippen LogP contribution in [0.2, 0.25) is 0 Å². The number of pyridine rings is 1. The Balaban J connectivity index is 2.50. The van der Waals surface area contributed by atoms with Crippen LogP contribution >= 0.6 is 15.9 Å². The van der Waals surface area contributed by atoms with Gasteiger partial charge in [0.15, 0.2) is 0 Å². The van der Waals surface area contributed by atoms with E-state index in [4.69, 9.17) is 0 Å². The minimum Gasteiger partial charge on any atom is -0.267 e. The largest absolute Gasteiger partial charge is 0.267 e. The van der Waals surface area contributed by atoms with Crippen molar-refractivity contribution < 1.29 is 12.8 Å². The van der Waals surface area contributed by atoms with Gasteiger partial charge in [0.1, 0.15) is 5.82 Å². The molecule has 0 unspecified atom stereocenters. The summed E-state index contributed by atoms with van der Waals surface area (Å²) in [6.07, 6.45) is 3.02. The number of anilines is 1. The first kappa shape index (κ1) is 14.9. The van der Waals surface area contributed by atoms with Gasteiger partial charge in [0.25, 0.3) is 10.0 Å². The number of halogens is 2. The molecule has 1 heterocycles. The van der Waals surface area contributed by atoms with Gasteiger partial charge >= 0.3 is 0 Å². The van der Waals surface area contributed by atoms with Crippen molar-refractivity contribution in [3.05, 3.63) is 53.0 Å². The zero-order valence-corrected chi connectivity index (χ0v) is 13.0. The van der Waals surface area contributed by atoms with Gasteiger partial charge in [0, 0.05) is 18.9 Å². The number of sulfonamides is 1. The molecule has 0 spiro atoms. The number of hydrogen-bond acceptors (Lipinski definition) is 3. The summed E-state index contributed by atoms with van der Waals surface area (Å²) in [5.74, 6) is -0.614. The summed E-state index contributed by atoms with van der Waals surface area (Å²) in [5, 5.41) is 0. The second kappa shape index (κ2) is 5.88. The lowest BCUT2D eigenvalue weighted by Crippen LogP contribution is -2.30. The summed E-state index contributed by atoms with van der Waals surface area (Å²) in [7, 11) is -3.80. The average Bonchev–Trinajstić information content (AvgIpc) is 2.43. The summed E-state index contributed by atoms with van der Waals surface area (Å²) in [4.78, 5) is 3.77. The summed E-state index contributed by atoms with van der Waals surface area (Å²) in [6.45, 7) is 1.96. The predicted octanol–water partition coefficient (Wildman–Crippen LogP) is 3.20. The van der Waals surface area contributed by atoms with Gasteiger partial charge in [-0.25, -0.2) is 12.8 Å². The van der Waals surface area contributed by atoms with Crippen molar-refractivity contribution in [2.24, 2.45) is 0 Å². The average molecular weight is 359 g/mol. The summed E-state index contributed by atoms with van der Waals surface area (Å²) < 4.78 is 40.1. The van der Waals surface area contributed by atoms with Crippen molar-refractivity contribution in [3.63, 3.8) is 0 Å². The van der Waals surface area contributed by atoms with Crippen LogP contribution < -0.4 is 4.31 Å². The summed E-state index contributed by atoms with van der Waals surface area (Å²) in [5.41, 5.74) is 0.492. The summed E-state index contributed by atoms with van der Waals surface area (Å²) in [6, 6.07) is 6.94. The standard InChI is InChI=1S/C13H12BrFN2O2S/c1-2-17(10-5-7-16-8-6-10)20(18,19)11-3-4-12(14)13(15)9-11/h3-9H,2H2,1H3. The monoisotopic (exact) mass is 358 g/mol. The van der Waals surface area contributed by atoms with Crippen LogP contribution in [0.3, 0.4) is 0 Å². The van der Waals surface area contributed by atoms with Crippen molar-refractivity contribution in [2.75, 3.05) is 10.8 Å². The lowest BCUT2D eigenvalue weighted by molar-refractivity contribution is 0.586. The van der Waals surface area contributed by atoms with Crippen LogP contribution in [0.1, 0.15) is 6.92 Å². The maximum absolute atomic E-state index is 13.5. The summed E-state index contributed by atoms with van der Waals surface area (Å²) >= 11 is 3.00. The lowest BCUT2D eigenvalue weighted by atomic mass is 10.3. The molecule has 0 N–H and O–H groups in total. The van der Waals surface area contributed by atoms with Crippen LogP contribution in [0, 0.1) is 5.82 Å². The molecular weight excluding hydrogens is 347 g/mol. The first-order chi connectivity index (χ1) is 9.46. The molecule has 0 radical (unpaired) electrons. The Morgan fingerprint density at radius 1 is 1.25 bits per heavy atom. The second-order valence-electron chi connectivity index (χ2n) is 3.95. The zero-order chi connectivity index (χ0) is 14.8. The first-order valence-corrected chi connectivity index (χ1v) is 8.08. The molecule has 2 aromatic rings. The van der Waals surface area contributed by atoms with Gasteiger partial charge in [-0.05, 0) is 53.2 Å². The Hall–Kier alpha value is -1.47. The molecule has 0 aliphatic rings. The molecule has 2 rings (SSSR count). The molecule has 0 saturated heterocycles. The van der Waals surface area contributed by atoms with E-state index in [-0.39, 0.29) is 15.9 Å². The molecule has 106 valence electrons. The molecule has 7 heteroatoms. The van der Waals surface area contributed by atoms with Crippen LogP contribution in [-0.4, -0.2) is 19.9 Å². The Morgan fingerprint density at radius 2 is 1.90 bits per heavy atom.